The highest BCUT2D eigenvalue weighted by molar-refractivity contribution is 7.91. The first kappa shape index (κ1) is 20.3. The van der Waals surface area contributed by atoms with Gasteiger partial charge in [-0.2, -0.15) is 5.10 Å². The number of carbonyl (C=O) groups is 1. The summed E-state index contributed by atoms with van der Waals surface area (Å²) < 4.78 is 38.5. The molecule has 1 aliphatic heterocycles. The van der Waals surface area contributed by atoms with E-state index in [9.17, 15) is 17.6 Å². The van der Waals surface area contributed by atoms with Crippen LogP contribution in [0.4, 0.5) is 4.39 Å². The van der Waals surface area contributed by atoms with Crippen LogP contribution in [0.1, 0.15) is 16.8 Å². The SMILES string of the molecule is O=C(N[C@@H]1CCS(=O)(=O)C1)c1ccc2c(-c3cncnc3)nn(-c3ccc(F)cc3)c2c1. The third-order valence-corrected chi connectivity index (χ3v) is 7.18. The van der Waals surface area contributed by atoms with E-state index in [1.165, 1.54) is 18.5 Å². The number of nitrogens with zero attached hydrogens (tertiary/aromatic N) is 4. The van der Waals surface area contributed by atoms with E-state index in [1.807, 2.05) is 0 Å². The van der Waals surface area contributed by atoms with Gasteiger partial charge in [0.15, 0.2) is 9.84 Å². The lowest BCUT2D eigenvalue weighted by molar-refractivity contribution is 0.0941. The number of benzene rings is 2. The maximum absolute atomic E-state index is 13.5. The number of hydrogen-bond donors (Lipinski definition) is 1. The number of sulfone groups is 1. The van der Waals surface area contributed by atoms with Crippen molar-refractivity contribution < 1.29 is 17.6 Å². The molecule has 1 amide bonds. The van der Waals surface area contributed by atoms with Crippen LogP contribution in [-0.2, 0) is 9.84 Å². The summed E-state index contributed by atoms with van der Waals surface area (Å²) in [6.45, 7) is 0. The summed E-state index contributed by atoms with van der Waals surface area (Å²) in [6.07, 6.45) is 5.12. The topological polar surface area (TPSA) is 107 Å². The lowest BCUT2D eigenvalue weighted by Gasteiger charge is -2.11. The van der Waals surface area contributed by atoms with Crippen molar-refractivity contribution in [2.75, 3.05) is 11.5 Å². The van der Waals surface area contributed by atoms with Gasteiger partial charge in [0.2, 0.25) is 0 Å². The summed E-state index contributed by atoms with van der Waals surface area (Å²) in [7, 11) is -3.10. The molecular weight excluding hydrogens is 433 g/mol. The second-order valence-electron chi connectivity index (χ2n) is 7.67. The van der Waals surface area contributed by atoms with Crippen LogP contribution in [0.3, 0.4) is 0 Å². The Morgan fingerprint density at radius 1 is 1.09 bits per heavy atom. The van der Waals surface area contributed by atoms with Crippen molar-refractivity contribution in [3.05, 3.63) is 72.6 Å². The minimum absolute atomic E-state index is 0.0490. The van der Waals surface area contributed by atoms with Crippen molar-refractivity contribution in [1.29, 1.82) is 0 Å². The minimum Gasteiger partial charge on any atom is -0.348 e. The third-order valence-electron chi connectivity index (χ3n) is 5.42. The second kappa shape index (κ2) is 7.79. The van der Waals surface area contributed by atoms with Crippen molar-refractivity contribution in [3.63, 3.8) is 0 Å². The number of fused-ring (bicyclic) bond motifs is 1. The van der Waals surface area contributed by atoms with Gasteiger partial charge in [0.25, 0.3) is 5.91 Å². The molecule has 1 N–H and O–H groups in total. The molecule has 0 aliphatic carbocycles. The Labute approximate surface area is 183 Å². The highest BCUT2D eigenvalue weighted by atomic mass is 32.2. The average molecular weight is 451 g/mol. The van der Waals surface area contributed by atoms with Crippen LogP contribution in [0.25, 0.3) is 27.8 Å². The Hall–Kier alpha value is -3.66. The standard InChI is InChI=1S/C22H18FN5O3S/c23-16-2-4-18(5-3-16)28-20-9-14(22(29)26-17-7-8-32(30,31)12-17)1-6-19(20)21(27-28)15-10-24-13-25-11-15/h1-6,9-11,13,17H,7-8,12H2,(H,26,29)/t17-/m1/s1. The quantitative estimate of drug-likeness (QED) is 0.511. The van der Waals surface area contributed by atoms with Gasteiger partial charge < -0.3 is 5.32 Å². The molecular formula is C22H18FN5O3S. The molecule has 1 atom stereocenters. The minimum atomic E-state index is -3.10. The van der Waals surface area contributed by atoms with E-state index in [4.69, 9.17) is 0 Å². The molecule has 0 radical (unpaired) electrons. The maximum atomic E-state index is 13.5. The van der Waals surface area contributed by atoms with Crippen LogP contribution in [0.5, 0.6) is 0 Å². The molecule has 0 spiro atoms. The second-order valence-corrected chi connectivity index (χ2v) is 9.90. The van der Waals surface area contributed by atoms with E-state index >= 15 is 0 Å². The monoisotopic (exact) mass is 451 g/mol. The van der Waals surface area contributed by atoms with Gasteiger partial charge in [-0.25, -0.2) is 27.5 Å². The molecule has 0 saturated carbocycles. The van der Waals surface area contributed by atoms with E-state index in [2.05, 4.69) is 20.4 Å². The fourth-order valence-corrected chi connectivity index (χ4v) is 5.52. The molecule has 8 nitrogen and oxygen atoms in total. The molecule has 3 heterocycles. The first-order valence-electron chi connectivity index (χ1n) is 9.95. The number of aromatic nitrogens is 4. The number of hydrogen-bond acceptors (Lipinski definition) is 6. The zero-order valence-electron chi connectivity index (χ0n) is 16.8. The summed E-state index contributed by atoms with van der Waals surface area (Å²) >= 11 is 0. The van der Waals surface area contributed by atoms with Crippen molar-refractivity contribution in [3.8, 4) is 16.9 Å². The van der Waals surface area contributed by atoms with Crippen LogP contribution in [-0.4, -0.2) is 51.6 Å². The molecule has 32 heavy (non-hydrogen) atoms. The van der Waals surface area contributed by atoms with Gasteiger partial charge in [-0.15, -0.1) is 0 Å². The maximum Gasteiger partial charge on any atom is 0.251 e. The smallest absolute Gasteiger partial charge is 0.251 e. The van der Waals surface area contributed by atoms with Gasteiger partial charge in [-0.1, -0.05) is 0 Å². The van der Waals surface area contributed by atoms with Crippen LogP contribution in [0, 0.1) is 5.82 Å². The lowest BCUT2D eigenvalue weighted by Crippen LogP contribution is -2.35. The summed E-state index contributed by atoms with van der Waals surface area (Å²) in [4.78, 5) is 20.9. The number of nitrogens with one attached hydrogen (secondary N) is 1. The predicted molar refractivity (Wildman–Crippen MR) is 117 cm³/mol. The van der Waals surface area contributed by atoms with Crippen LogP contribution < -0.4 is 5.32 Å². The molecule has 10 heteroatoms. The van der Waals surface area contributed by atoms with Gasteiger partial charge in [-0.3, -0.25) is 4.79 Å². The van der Waals surface area contributed by atoms with Crippen molar-refractivity contribution in [2.45, 2.75) is 12.5 Å². The molecule has 1 saturated heterocycles. The molecule has 5 rings (SSSR count). The predicted octanol–water partition coefficient (Wildman–Crippen LogP) is 2.54. The largest absolute Gasteiger partial charge is 0.348 e. The summed E-state index contributed by atoms with van der Waals surface area (Å²) in [5.74, 6) is -0.692. The molecule has 0 unspecified atom stereocenters. The Morgan fingerprint density at radius 2 is 1.84 bits per heavy atom. The fraction of sp³-hybridized carbons (Fsp3) is 0.182. The first-order chi connectivity index (χ1) is 15.4. The number of carbonyl (C=O) groups excluding carboxylic acids is 1. The zero-order chi connectivity index (χ0) is 22.3. The van der Waals surface area contributed by atoms with Gasteiger partial charge in [-0.05, 0) is 48.9 Å². The van der Waals surface area contributed by atoms with Crippen LogP contribution in [0.2, 0.25) is 0 Å². The number of amides is 1. The Kier molecular flexibility index (Phi) is 4.93. The number of halogens is 1. The van der Waals surface area contributed by atoms with Crippen molar-refractivity contribution in [1.82, 2.24) is 25.1 Å². The number of rotatable bonds is 4. The zero-order valence-corrected chi connectivity index (χ0v) is 17.6. The van der Waals surface area contributed by atoms with Gasteiger partial charge in [0.05, 0.1) is 22.7 Å². The van der Waals surface area contributed by atoms with Gasteiger partial charge in [0, 0.05) is 34.9 Å². The van der Waals surface area contributed by atoms with E-state index < -0.39 is 15.9 Å². The summed E-state index contributed by atoms with van der Waals surface area (Å²) in [6, 6.07) is 10.6. The molecule has 1 aliphatic rings. The Balaban J connectivity index is 1.58. The molecule has 0 bridgehead atoms. The molecule has 1 fully saturated rings. The van der Waals surface area contributed by atoms with Gasteiger partial charge >= 0.3 is 0 Å². The lowest BCUT2D eigenvalue weighted by atomic mass is 10.1. The van der Waals surface area contributed by atoms with E-state index in [1.54, 1.807) is 47.4 Å². The molecule has 2 aromatic heterocycles. The van der Waals surface area contributed by atoms with Crippen LogP contribution in [0.15, 0.2) is 61.2 Å². The fourth-order valence-electron chi connectivity index (χ4n) is 3.85. The summed E-state index contributed by atoms with van der Waals surface area (Å²) in [5.41, 5.74) is 2.97. The normalized spacial score (nSPS) is 17.5. The van der Waals surface area contributed by atoms with Crippen LogP contribution >= 0.6 is 0 Å². The van der Waals surface area contributed by atoms with Crippen molar-refractivity contribution in [2.24, 2.45) is 0 Å². The van der Waals surface area contributed by atoms with E-state index in [-0.39, 0.29) is 23.2 Å². The molecule has 4 aromatic rings. The summed E-state index contributed by atoms with van der Waals surface area (Å²) in [5, 5.41) is 8.26. The third kappa shape index (κ3) is 3.84. The highest BCUT2D eigenvalue weighted by Crippen LogP contribution is 2.30. The highest BCUT2D eigenvalue weighted by Gasteiger charge is 2.29. The molecule has 162 valence electrons. The van der Waals surface area contributed by atoms with E-state index in [0.29, 0.717) is 34.4 Å². The Bertz CT molecular complexity index is 1420. The van der Waals surface area contributed by atoms with E-state index in [0.717, 1.165) is 5.39 Å². The van der Waals surface area contributed by atoms with Gasteiger partial charge in [0.1, 0.15) is 17.8 Å². The average Bonchev–Trinajstić information content (AvgIpc) is 3.34. The Morgan fingerprint density at radius 3 is 2.53 bits per heavy atom. The van der Waals surface area contributed by atoms with Crippen molar-refractivity contribution >= 4 is 26.6 Å². The first-order valence-corrected chi connectivity index (χ1v) is 11.8. The molecule has 2 aromatic carbocycles.